The van der Waals surface area contributed by atoms with Gasteiger partial charge in [-0.15, -0.1) is 0 Å². The van der Waals surface area contributed by atoms with Gasteiger partial charge in [-0.3, -0.25) is 4.79 Å². The maximum Gasteiger partial charge on any atom is 0.326 e. The van der Waals surface area contributed by atoms with E-state index in [0.29, 0.717) is 5.56 Å². The predicted octanol–water partition coefficient (Wildman–Crippen LogP) is 2.19. The van der Waals surface area contributed by atoms with Crippen molar-refractivity contribution in [1.82, 2.24) is 5.32 Å². The molecule has 96 valence electrons. The number of carboxylic acids is 1. The topological polar surface area (TPSA) is 66.4 Å². The zero-order valence-corrected chi connectivity index (χ0v) is 12.1. The van der Waals surface area contributed by atoms with Crippen molar-refractivity contribution < 1.29 is 14.7 Å². The summed E-state index contributed by atoms with van der Waals surface area (Å²) in [5.41, 5.74) is 1.56. The van der Waals surface area contributed by atoms with Crippen LogP contribution in [0.25, 0.3) is 0 Å². The molecule has 0 heterocycles. The first-order valence-electron chi connectivity index (χ1n) is 5.79. The second kappa shape index (κ2) is 5.26. The Bertz CT molecular complexity index is 497. The number of carboxylic acid groups (broad SMARTS) is 1. The van der Waals surface area contributed by atoms with Crippen LogP contribution in [0, 0.1) is 16.4 Å². The molecule has 1 aromatic rings. The van der Waals surface area contributed by atoms with Crippen LogP contribution in [0.2, 0.25) is 0 Å². The number of hydrogen-bond donors (Lipinski definition) is 2. The Hall–Kier alpha value is -1.11. The van der Waals surface area contributed by atoms with Gasteiger partial charge in [-0.1, -0.05) is 12.1 Å². The second-order valence-corrected chi connectivity index (χ2v) is 5.64. The fourth-order valence-electron chi connectivity index (χ4n) is 1.85. The highest BCUT2D eigenvalue weighted by molar-refractivity contribution is 14.1. The Balaban J connectivity index is 2.16. The third-order valence-electron chi connectivity index (χ3n) is 3.08. The first-order valence-corrected chi connectivity index (χ1v) is 6.87. The lowest BCUT2D eigenvalue weighted by molar-refractivity contribution is -0.139. The molecule has 1 fully saturated rings. The summed E-state index contributed by atoms with van der Waals surface area (Å²) >= 11 is 2.11. The van der Waals surface area contributed by atoms with Crippen LogP contribution in [-0.4, -0.2) is 23.0 Å². The van der Waals surface area contributed by atoms with E-state index in [-0.39, 0.29) is 11.8 Å². The van der Waals surface area contributed by atoms with Gasteiger partial charge in [0.25, 0.3) is 5.91 Å². The van der Waals surface area contributed by atoms with Gasteiger partial charge in [-0.05, 0) is 59.9 Å². The summed E-state index contributed by atoms with van der Waals surface area (Å²) < 4.78 is 0.868. The lowest BCUT2D eigenvalue weighted by Crippen LogP contribution is -2.42. The number of nitrogens with one attached hydrogen (secondary N) is 1. The predicted molar refractivity (Wildman–Crippen MR) is 75.5 cm³/mol. The molecule has 0 saturated heterocycles. The van der Waals surface area contributed by atoms with Crippen molar-refractivity contribution in [3.63, 3.8) is 0 Å². The molecule has 0 aliphatic heterocycles. The summed E-state index contributed by atoms with van der Waals surface area (Å²) in [6, 6.07) is 4.69. The molecule has 2 rings (SSSR count). The zero-order chi connectivity index (χ0) is 13.3. The second-order valence-electron chi connectivity index (χ2n) is 4.56. The highest BCUT2D eigenvalue weighted by Crippen LogP contribution is 2.33. The van der Waals surface area contributed by atoms with Gasteiger partial charge < -0.3 is 10.4 Å². The SMILES string of the molecule is Cc1cccc(C(=O)NC(C(=O)O)C2CC2)c1I. The minimum absolute atomic E-state index is 0.0916. The lowest BCUT2D eigenvalue weighted by Gasteiger charge is -2.14. The molecular weight excluding hydrogens is 345 g/mol. The maximum atomic E-state index is 12.1. The molecule has 0 spiro atoms. The average molecular weight is 359 g/mol. The number of benzene rings is 1. The largest absolute Gasteiger partial charge is 0.480 e. The van der Waals surface area contributed by atoms with E-state index in [1.807, 2.05) is 13.0 Å². The van der Waals surface area contributed by atoms with Crippen LogP contribution in [0.5, 0.6) is 0 Å². The van der Waals surface area contributed by atoms with Crippen molar-refractivity contribution in [2.75, 3.05) is 0 Å². The minimum Gasteiger partial charge on any atom is -0.480 e. The van der Waals surface area contributed by atoms with E-state index >= 15 is 0 Å². The number of hydrogen-bond acceptors (Lipinski definition) is 2. The molecule has 1 unspecified atom stereocenters. The molecule has 0 radical (unpaired) electrons. The monoisotopic (exact) mass is 359 g/mol. The molecule has 5 heteroatoms. The van der Waals surface area contributed by atoms with E-state index in [1.165, 1.54) is 0 Å². The summed E-state index contributed by atoms with van der Waals surface area (Å²) in [6.07, 6.45) is 1.75. The Morgan fingerprint density at radius 3 is 2.67 bits per heavy atom. The molecule has 1 amide bonds. The van der Waals surface area contributed by atoms with Crippen molar-refractivity contribution in [2.24, 2.45) is 5.92 Å². The normalized spacial score (nSPS) is 16.1. The van der Waals surface area contributed by atoms with Crippen LogP contribution < -0.4 is 5.32 Å². The average Bonchev–Trinajstić information content (AvgIpc) is 3.13. The lowest BCUT2D eigenvalue weighted by atomic mass is 10.1. The van der Waals surface area contributed by atoms with Crippen LogP contribution in [0.1, 0.15) is 28.8 Å². The molecule has 0 aromatic heterocycles. The van der Waals surface area contributed by atoms with Gasteiger partial charge in [0.05, 0.1) is 5.56 Å². The van der Waals surface area contributed by atoms with Crippen LogP contribution >= 0.6 is 22.6 Å². The van der Waals surface area contributed by atoms with Crippen LogP contribution in [-0.2, 0) is 4.79 Å². The molecule has 2 N–H and O–H groups in total. The van der Waals surface area contributed by atoms with Gasteiger partial charge in [-0.2, -0.15) is 0 Å². The first kappa shape index (κ1) is 13.3. The minimum atomic E-state index is -0.950. The quantitative estimate of drug-likeness (QED) is 0.810. The Morgan fingerprint density at radius 1 is 1.44 bits per heavy atom. The van der Waals surface area contributed by atoms with Crippen molar-refractivity contribution in [3.8, 4) is 0 Å². The van der Waals surface area contributed by atoms with E-state index in [4.69, 9.17) is 5.11 Å². The van der Waals surface area contributed by atoms with Crippen molar-refractivity contribution in [2.45, 2.75) is 25.8 Å². The van der Waals surface area contributed by atoms with Crippen molar-refractivity contribution >= 4 is 34.5 Å². The Kier molecular flexibility index (Phi) is 3.89. The molecule has 1 atom stereocenters. The Morgan fingerprint density at radius 2 is 2.11 bits per heavy atom. The van der Waals surface area contributed by atoms with Crippen molar-refractivity contribution in [1.29, 1.82) is 0 Å². The molecule has 0 bridgehead atoms. The van der Waals surface area contributed by atoms with E-state index in [2.05, 4.69) is 27.9 Å². The van der Waals surface area contributed by atoms with E-state index in [0.717, 1.165) is 22.0 Å². The fourth-order valence-corrected chi connectivity index (χ4v) is 2.46. The molecule has 1 aliphatic rings. The van der Waals surface area contributed by atoms with Crippen LogP contribution in [0.3, 0.4) is 0 Å². The van der Waals surface area contributed by atoms with Gasteiger partial charge in [-0.25, -0.2) is 4.79 Å². The summed E-state index contributed by atoms with van der Waals surface area (Å²) in [7, 11) is 0. The van der Waals surface area contributed by atoms with E-state index in [1.54, 1.807) is 12.1 Å². The van der Waals surface area contributed by atoms with Gasteiger partial charge in [0.1, 0.15) is 6.04 Å². The zero-order valence-electron chi connectivity index (χ0n) is 9.94. The standard InChI is InChI=1S/C13H14INO3/c1-7-3-2-4-9(10(7)14)12(16)15-11(13(17)18)8-5-6-8/h2-4,8,11H,5-6H2,1H3,(H,15,16)(H,17,18). The van der Waals surface area contributed by atoms with Crippen LogP contribution in [0.4, 0.5) is 0 Å². The van der Waals surface area contributed by atoms with Gasteiger partial charge in [0.2, 0.25) is 0 Å². The van der Waals surface area contributed by atoms with Crippen molar-refractivity contribution in [3.05, 3.63) is 32.9 Å². The Labute approximate surface area is 119 Å². The summed E-state index contributed by atoms with van der Waals surface area (Å²) in [5.74, 6) is -1.16. The number of carbonyl (C=O) groups is 2. The molecular formula is C13H14INO3. The number of amides is 1. The molecule has 1 saturated carbocycles. The number of aliphatic carboxylic acids is 1. The molecule has 1 aromatic carbocycles. The van der Waals surface area contributed by atoms with Gasteiger partial charge in [0, 0.05) is 3.57 Å². The highest BCUT2D eigenvalue weighted by Gasteiger charge is 2.37. The molecule has 1 aliphatic carbocycles. The molecule has 4 nitrogen and oxygen atoms in total. The number of rotatable bonds is 4. The van der Waals surface area contributed by atoms with Gasteiger partial charge >= 0.3 is 5.97 Å². The molecule has 18 heavy (non-hydrogen) atoms. The maximum absolute atomic E-state index is 12.1. The third-order valence-corrected chi connectivity index (χ3v) is 4.51. The van der Waals surface area contributed by atoms with E-state index in [9.17, 15) is 9.59 Å². The summed E-state index contributed by atoms with van der Waals surface area (Å²) in [6.45, 7) is 1.92. The van der Waals surface area contributed by atoms with Crippen LogP contribution in [0.15, 0.2) is 18.2 Å². The summed E-state index contributed by atoms with van der Waals surface area (Å²) in [5, 5.41) is 11.7. The highest BCUT2D eigenvalue weighted by atomic mass is 127. The summed E-state index contributed by atoms with van der Waals surface area (Å²) in [4.78, 5) is 23.2. The third kappa shape index (κ3) is 2.82. The number of halogens is 1. The first-order chi connectivity index (χ1) is 8.50. The number of carbonyl (C=O) groups excluding carboxylic acids is 1. The van der Waals surface area contributed by atoms with E-state index < -0.39 is 12.0 Å². The number of aryl methyl sites for hydroxylation is 1. The smallest absolute Gasteiger partial charge is 0.326 e. The fraction of sp³-hybridized carbons (Fsp3) is 0.385. The van der Waals surface area contributed by atoms with Gasteiger partial charge in [0.15, 0.2) is 0 Å².